The molecule has 1 N–H and O–H groups in total. The van der Waals surface area contributed by atoms with Crippen LogP contribution in [-0.4, -0.2) is 25.3 Å². The van der Waals surface area contributed by atoms with Crippen LogP contribution in [0, 0.1) is 11.8 Å². The van der Waals surface area contributed by atoms with E-state index in [1.165, 1.54) is 32.1 Å². The lowest BCUT2D eigenvalue weighted by Gasteiger charge is -2.38. The van der Waals surface area contributed by atoms with Gasteiger partial charge < -0.3 is 10.1 Å². The number of nitrogens with one attached hydrogen (secondary N) is 1. The maximum Gasteiger partial charge on any atom is 0.0480 e. The van der Waals surface area contributed by atoms with Crippen LogP contribution in [0.4, 0.5) is 0 Å². The van der Waals surface area contributed by atoms with Crippen molar-refractivity contribution in [3.8, 4) is 0 Å². The number of hydrogen-bond acceptors (Lipinski definition) is 2. The highest BCUT2D eigenvalue weighted by atomic mass is 16.5. The first-order chi connectivity index (χ1) is 7.27. The molecule has 2 aliphatic rings. The molecule has 2 rings (SSSR count). The van der Waals surface area contributed by atoms with Crippen LogP contribution in [0.15, 0.2) is 0 Å². The average Bonchev–Trinajstić information content (AvgIpc) is 2.26. The first kappa shape index (κ1) is 11.4. The van der Waals surface area contributed by atoms with Crippen LogP contribution in [0.25, 0.3) is 0 Å². The van der Waals surface area contributed by atoms with E-state index in [1.54, 1.807) is 0 Å². The van der Waals surface area contributed by atoms with Gasteiger partial charge in [0, 0.05) is 25.3 Å². The van der Waals surface area contributed by atoms with E-state index >= 15 is 0 Å². The van der Waals surface area contributed by atoms with Crippen molar-refractivity contribution in [2.45, 2.75) is 58.0 Å². The lowest BCUT2D eigenvalue weighted by Crippen LogP contribution is -2.47. The first-order valence-corrected chi connectivity index (χ1v) is 6.61. The smallest absolute Gasteiger partial charge is 0.0480 e. The van der Waals surface area contributed by atoms with E-state index in [4.69, 9.17) is 4.74 Å². The largest absolute Gasteiger partial charge is 0.381 e. The van der Waals surface area contributed by atoms with Gasteiger partial charge in [0.05, 0.1) is 0 Å². The monoisotopic (exact) mass is 211 g/mol. The normalized spacial score (nSPS) is 39.2. The SMILES string of the molecule is CC1CCCC(NC2CCOCC2)C1C. The molecule has 0 radical (unpaired) electrons. The molecule has 3 atom stereocenters. The van der Waals surface area contributed by atoms with Gasteiger partial charge in [-0.3, -0.25) is 0 Å². The predicted octanol–water partition coefficient (Wildman–Crippen LogP) is 2.58. The molecule has 15 heavy (non-hydrogen) atoms. The topological polar surface area (TPSA) is 21.3 Å². The van der Waals surface area contributed by atoms with Crippen molar-refractivity contribution >= 4 is 0 Å². The molecule has 1 saturated heterocycles. The highest BCUT2D eigenvalue weighted by Crippen LogP contribution is 2.30. The molecule has 88 valence electrons. The van der Waals surface area contributed by atoms with Crippen LogP contribution in [0.1, 0.15) is 46.0 Å². The molecular formula is C13H25NO. The van der Waals surface area contributed by atoms with Crippen molar-refractivity contribution in [2.24, 2.45) is 11.8 Å². The van der Waals surface area contributed by atoms with Gasteiger partial charge in [0.2, 0.25) is 0 Å². The highest BCUT2D eigenvalue weighted by Gasteiger charge is 2.28. The fraction of sp³-hybridized carbons (Fsp3) is 1.00. The fourth-order valence-corrected chi connectivity index (χ4v) is 2.98. The fourth-order valence-electron chi connectivity index (χ4n) is 2.98. The van der Waals surface area contributed by atoms with Crippen molar-refractivity contribution in [2.75, 3.05) is 13.2 Å². The summed E-state index contributed by atoms with van der Waals surface area (Å²) in [6.07, 6.45) is 6.62. The molecule has 2 fully saturated rings. The molecule has 2 heteroatoms. The summed E-state index contributed by atoms with van der Waals surface area (Å²) in [6.45, 7) is 6.73. The van der Waals surface area contributed by atoms with Gasteiger partial charge in [-0.25, -0.2) is 0 Å². The first-order valence-electron chi connectivity index (χ1n) is 6.61. The van der Waals surface area contributed by atoms with Crippen LogP contribution in [0.5, 0.6) is 0 Å². The average molecular weight is 211 g/mol. The lowest BCUT2D eigenvalue weighted by atomic mass is 9.77. The summed E-state index contributed by atoms with van der Waals surface area (Å²) >= 11 is 0. The highest BCUT2D eigenvalue weighted by molar-refractivity contribution is 4.85. The second kappa shape index (κ2) is 5.31. The molecule has 0 bridgehead atoms. The Bertz CT molecular complexity index is 189. The van der Waals surface area contributed by atoms with Crippen LogP contribution in [0.3, 0.4) is 0 Å². The van der Waals surface area contributed by atoms with Crippen molar-refractivity contribution < 1.29 is 4.74 Å². The van der Waals surface area contributed by atoms with Gasteiger partial charge in [0.15, 0.2) is 0 Å². The zero-order valence-electron chi connectivity index (χ0n) is 10.2. The van der Waals surface area contributed by atoms with Crippen molar-refractivity contribution in [1.82, 2.24) is 5.32 Å². The van der Waals surface area contributed by atoms with Crippen LogP contribution in [0.2, 0.25) is 0 Å². The minimum absolute atomic E-state index is 0.719. The van der Waals surface area contributed by atoms with Crippen molar-refractivity contribution in [3.05, 3.63) is 0 Å². The van der Waals surface area contributed by atoms with Crippen LogP contribution >= 0.6 is 0 Å². The molecule has 0 aromatic rings. The predicted molar refractivity (Wildman–Crippen MR) is 62.9 cm³/mol. The Morgan fingerprint density at radius 3 is 2.47 bits per heavy atom. The maximum atomic E-state index is 5.40. The summed E-state index contributed by atoms with van der Waals surface area (Å²) in [5.74, 6) is 1.75. The van der Waals surface area contributed by atoms with Gasteiger partial charge in [0.1, 0.15) is 0 Å². The molecule has 0 aromatic heterocycles. The standard InChI is InChI=1S/C13H25NO/c1-10-4-3-5-13(11(10)2)14-12-6-8-15-9-7-12/h10-14H,3-9H2,1-2H3. The second-order valence-corrected chi connectivity index (χ2v) is 5.43. The Labute approximate surface area is 93.8 Å². The van der Waals surface area contributed by atoms with Gasteiger partial charge in [-0.05, 0) is 31.1 Å². The van der Waals surface area contributed by atoms with Gasteiger partial charge in [-0.15, -0.1) is 0 Å². The van der Waals surface area contributed by atoms with E-state index < -0.39 is 0 Å². The van der Waals surface area contributed by atoms with E-state index in [9.17, 15) is 0 Å². The van der Waals surface area contributed by atoms with Gasteiger partial charge in [-0.1, -0.05) is 26.7 Å². The third-order valence-corrected chi connectivity index (χ3v) is 4.38. The molecule has 3 unspecified atom stereocenters. The third-order valence-electron chi connectivity index (χ3n) is 4.38. The summed E-state index contributed by atoms with van der Waals surface area (Å²) in [5.41, 5.74) is 0. The molecule has 0 aromatic carbocycles. The summed E-state index contributed by atoms with van der Waals surface area (Å²) in [5, 5.41) is 3.86. The second-order valence-electron chi connectivity index (χ2n) is 5.43. The molecule has 1 aliphatic carbocycles. The maximum absolute atomic E-state index is 5.40. The zero-order chi connectivity index (χ0) is 10.7. The molecule has 0 spiro atoms. The zero-order valence-corrected chi connectivity index (χ0v) is 10.2. The van der Waals surface area contributed by atoms with Crippen LogP contribution in [-0.2, 0) is 4.74 Å². The third kappa shape index (κ3) is 2.94. The quantitative estimate of drug-likeness (QED) is 0.758. The molecule has 1 heterocycles. The molecule has 2 nitrogen and oxygen atoms in total. The van der Waals surface area contributed by atoms with Crippen molar-refractivity contribution in [3.63, 3.8) is 0 Å². The van der Waals surface area contributed by atoms with Gasteiger partial charge in [-0.2, -0.15) is 0 Å². The number of rotatable bonds is 2. The summed E-state index contributed by atoms with van der Waals surface area (Å²) in [4.78, 5) is 0. The number of ether oxygens (including phenoxy) is 1. The van der Waals surface area contributed by atoms with Gasteiger partial charge >= 0.3 is 0 Å². The minimum Gasteiger partial charge on any atom is -0.381 e. The molecule has 1 aliphatic heterocycles. The Balaban J connectivity index is 1.81. The van der Waals surface area contributed by atoms with E-state index in [-0.39, 0.29) is 0 Å². The Morgan fingerprint density at radius 2 is 1.73 bits per heavy atom. The summed E-state index contributed by atoms with van der Waals surface area (Å²) in [6, 6.07) is 1.48. The van der Waals surface area contributed by atoms with E-state index in [1.807, 2.05) is 0 Å². The Morgan fingerprint density at radius 1 is 1.00 bits per heavy atom. The van der Waals surface area contributed by atoms with Gasteiger partial charge in [0.25, 0.3) is 0 Å². The lowest BCUT2D eigenvalue weighted by molar-refractivity contribution is 0.0670. The molecule has 1 saturated carbocycles. The van der Waals surface area contributed by atoms with Crippen LogP contribution < -0.4 is 5.32 Å². The van der Waals surface area contributed by atoms with E-state index in [0.29, 0.717) is 0 Å². The molecular weight excluding hydrogens is 186 g/mol. The summed E-state index contributed by atoms with van der Waals surface area (Å²) in [7, 11) is 0. The Hall–Kier alpha value is -0.0800. The van der Waals surface area contributed by atoms with Crippen molar-refractivity contribution in [1.29, 1.82) is 0 Å². The molecule has 0 amide bonds. The van der Waals surface area contributed by atoms with E-state index in [0.717, 1.165) is 37.1 Å². The van der Waals surface area contributed by atoms with E-state index in [2.05, 4.69) is 19.2 Å². The minimum atomic E-state index is 0.719. The Kier molecular flexibility index (Phi) is 4.04. The number of hydrogen-bond donors (Lipinski definition) is 1. The summed E-state index contributed by atoms with van der Waals surface area (Å²) < 4.78 is 5.40.